The highest BCUT2D eigenvalue weighted by atomic mass is 16.7. The maximum atomic E-state index is 10.9. The van der Waals surface area contributed by atoms with Gasteiger partial charge in [0.05, 0.1) is 20.3 Å². The van der Waals surface area contributed by atoms with Crippen LogP contribution < -0.4 is 0 Å². The smallest absolute Gasteiger partial charge is 0.374 e. The normalized spacial score (nSPS) is 17.3. The van der Waals surface area contributed by atoms with E-state index in [4.69, 9.17) is 9.47 Å². The molecule has 5 heteroatoms. The molecule has 1 heterocycles. The zero-order valence-corrected chi connectivity index (χ0v) is 7.45. The van der Waals surface area contributed by atoms with Crippen LogP contribution >= 0.6 is 0 Å². The van der Waals surface area contributed by atoms with Gasteiger partial charge in [0.15, 0.2) is 6.29 Å². The molecule has 0 aromatic carbocycles. The van der Waals surface area contributed by atoms with E-state index in [0.29, 0.717) is 19.6 Å². The first-order valence-electron chi connectivity index (χ1n) is 4.08. The lowest BCUT2D eigenvalue weighted by Crippen LogP contribution is -2.18. The molecule has 1 aliphatic heterocycles. The molecular weight excluding hydrogens is 176 g/mol. The van der Waals surface area contributed by atoms with Gasteiger partial charge in [-0.15, -0.1) is 0 Å². The molecule has 0 spiro atoms. The number of ketones is 1. The molecule has 1 rings (SSSR count). The van der Waals surface area contributed by atoms with Gasteiger partial charge in [0.2, 0.25) is 5.78 Å². The Morgan fingerprint density at radius 2 is 2.00 bits per heavy atom. The van der Waals surface area contributed by atoms with Crippen molar-refractivity contribution in [2.75, 3.05) is 20.3 Å². The van der Waals surface area contributed by atoms with Gasteiger partial charge in [-0.1, -0.05) is 0 Å². The summed E-state index contributed by atoms with van der Waals surface area (Å²) < 4.78 is 14.4. The number of hydrogen-bond donors (Lipinski definition) is 0. The third kappa shape index (κ3) is 3.12. The summed E-state index contributed by atoms with van der Waals surface area (Å²) in [6, 6.07) is 0. The van der Waals surface area contributed by atoms with Gasteiger partial charge in [-0.05, 0) is 0 Å². The molecule has 0 aromatic rings. The Labute approximate surface area is 76.0 Å². The average molecular weight is 188 g/mol. The predicted octanol–water partition coefficient (Wildman–Crippen LogP) is -0.118. The fourth-order valence-electron chi connectivity index (χ4n) is 1.04. The molecule has 1 fully saturated rings. The maximum Gasteiger partial charge on any atom is 0.374 e. The number of Topliss-reactive ketones (excluding diaryl/α,β-unsaturated/α-hetero) is 1. The van der Waals surface area contributed by atoms with Gasteiger partial charge in [-0.25, -0.2) is 4.79 Å². The highest BCUT2D eigenvalue weighted by molar-refractivity contribution is 6.33. The summed E-state index contributed by atoms with van der Waals surface area (Å²) in [5, 5.41) is 0. The van der Waals surface area contributed by atoms with E-state index in [9.17, 15) is 9.59 Å². The third-order valence-electron chi connectivity index (χ3n) is 1.71. The highest BCUT2D eigenvalue weighted by Crippen LogP contribution is 2.10. The molecule has 0 N–H and O–H groups in total. The van der Waals surface area contributed by atoms with Crippen LogP contribution in [0.1, 0.15) is 12.8 Å². The largest absolute Gasteiger partial charge is 0.463 e. The summed E-state index contributed by atoms with van der Waals surface area (Å²) >= 11 is 0. The summed E-state index contributed by atoms with van der Waals surface area (Å²) in [5.74, 6) is -1.35. The van der Waals surface area contributed by atoms with Crippen molar-refractivity contribution in [1.29, 1.82) is 0 Å². The minimum atomic E-state index is -0.807. The van der Waals surface area contributed by atoms with E-state index in [0.717, 1.165) is 0 Å². The molecule has 0 radical (unpaired) electrons. The van der Waals surface area contributed by atoms with Crippen LogP contribution in [-0.4, -0.2) is 38.4 Å². The van der Waals surface area contributed by atoms with Crippen LogP contribution in [0.4, 0.5) is 0 Å². The van der Waals surface area contributed by atoms with Crippen LogP contribution in [0.25, 0.3) is 0 Å². The van der Waals surface area contributed by atoms with Crippen molar-refractivity contribution in [2.45, 2.75) is 19.1 Å². The van der Waals surface area contributed by atoms with Gasteiger partial charge in [-0.2, -0.15) is 0 Å². The first-order chi connectivity index (χ1) is 6.24. The van der Waals surface area contributed by atoms with Gasteiger partial charge >= 0.3 is 5.97 Å². The molecule has 0 atom stereocenters. The summed E-state index contributed by atoms with van der Waals surface area (Å²) in [4.78, 5) is 21.6. The SMILES string of the molecule is COC(=O)C(=O)CCC1OCCO1. The second-order valence-electron chi connectivity index (χ2n) is 2.62. The maximum absolute atomic E-state index is 10.9. The van der Waals surface area contributed by atoms with Crippen molar-refractivity contribution in [1.82, 2.24) is 0 Å². The fraction of sp³-hybridized carbons (Fsp3) is 0.750. The molecule has 5 nitrogen and oxygen atoms in total. The Hall–Kier alpha value is -0.940. The van der Waals surface area contributed by atoms with E-state index in [1.807, 2.05) is 0 Å². The third-order valence-corrected chi connectivity index (χ3v) is 1.71. The van der Waals surface area contributed by atoms with Gasteiger partial charge in [-0.3, -0.25) is 4.79 Å². The predicted molar refractivity (Wildman–Crippen MR) is 41.9 cm³/mol. The number of carbonyl (C=O) groups is 2. The van der Waals surface area contributed by atoms with Crippen molar-refractivity contribution in [3.8, 4) is 0 Å². The first-order valence-corrected chi connectivity index (χ1v) is 4.08. The van der Waals surface area contributed by atoms with Crippen molar-refractivity contribution in [2.24, 2.45) is 0 Å². The quantitative estimate of drug-likeness (QED) is 0.454. The second kappa shape index (κ2) is 4.94. The number of hydrogen-bond acceptors (Lipinski definition) is 5. The van der Waals surface area contributed by atoms with Crippen molar-refractivity contribution < 1.29 is 23.8 Å². The Bertz CT molecular complexity index is 195. The van der Waals surface area contributed by atoms with Gasteiger partial charge in [0, 0.05) is 12.8 Å². The van der Waals surface area contributed by atoms with Gasteiger partial charge in [0.25, 0.3) is 0 Å². The molecule has 1 saturated heterocycles. The molecule has 0 bridgehead atoms. The van der Waals surface area contributed by atoms with Gasteiger partial charge < -0.3 is 14.2 Å². The Balaban J connectivity index is 2.17. The number of carbonyl (C=O) groups excluding carboxylic acids is 2. The highest BCUT2D eigenvalue weighted by Gasteiger charge is 2.20. The molecule has 0 amide bonds. The van der Waals surface area contributed by atoms with E-state index in [1.165, 1.54) is 7.11 Å². The summed E-state index contributed by atoms with van der Waals surface area (Å²) in [5.41, 5.74) is 0. The van der Waals surface area contributed by atoms with Crippen molar-refractivity contribution >= 4 is 11.8 Å². The molecule has 13 heavy (non-hydrogen) atoms. The zero-order chi connectivity index (χ0) is 9.68. The van der Waals surface area contributed by atoms with E-state index in [1.54, 1.807) is 0 Å². The summed E-state index contributed by atoms with van der Waals surface area (Å²) in [6.07, 6.45) is 0.180. The average Bonchev–Trinajstić information content (AvgIpc) is 2.65. The Kier molecular flexibility index (Phi) is 3.85. The summed E-state index contributed by atoms with van der Waals surface area (Å²) in [6.45, 7) is 1.11. The summed E-state index contributed by atoms with van der Waals surface area (Å²) in [7, 11) is 1.18. The van der Waals surface area contributed by atoms with E-state index >= 15 is 0 Å². The first kappa shape index (κ1) is 10.1. The molecule has 0 aromatic heterocycles. The zero-order valence-electron chi connectivity index (χ0n) is 7.45. The van der Waals surface area contributed by atoms with Gasteiger partial charge in [0.1, 0.15) is 0 Å². The fourth-order valence-corrected chi connectivity index (χ4v) is 1.04. The van der Waals surface area contributed by atoms with Crippen LogP contribution in [0, 0.1) is 0 Å². The minimum Gasteiger partial charge on any atom is -0.463 e. The molecular formula is C8H12O5. The molecule has 1 aliphatic rings. The lowest BCUT2D eigenvalue weighted by molar-refractivity contribution is -0.152. The van der Waals surface area contributed by atoms with Crippen molar-refractivity contribution in [3.05, 3.63) is 0 Å². The molecule has 0 aliphatic carbocycles. The molecule has 0 saturated carbocycles. The number of rotatable bonds is 4. The monoisotopic (exact) mass is 188 g/mol. The standard InChI is InChI=1S/C8H12O5/c1-11-8(10)6(9)2-3-7-12-4-5-13-7/h7H,2-5H2,1H3. The van der Waals surface area contributed by atoms with Crippen molar-refractivity contribution in [3.63, 3.8) is 0 Å². The second-order valence-corrected chi connectivity index (χ2v) is 2.62. The van der Waals surface area contributed by atoms with Crippen LogP contribution in [0.2, 0.25) is 0 Å². The number of esters is 1. The van der Waals surface area contributed by atoms with E-state index in [-0.39, 0.29) is 12.7 Å². The van der Waals surface area contributed by atoms with E-state index in [2.05, 4.69) is 4.74 Å². The van der Waals surface area contributed by atoms with Crippen LogP contribution in [0.3, 0.4) is 0 Å². The lowest BCUT2D eigenvalue weighted by atomic mass is 10.2. The van der Waals surface area contributed by atoms with Crippen LogP contribution in [0.15, 0.2) is 0 Å². The molecule has 0 unspecified atom stereocenters. The van der Waals surface area contributed by atoms with Crippen LogP contribution in [0.5, 0.6) is 0 Å². The number of methoxy groups -OCH3 is 1. The Morgan fingerprint density at radius 3 is 2.54 bits per heavy atom. The Morgan fingerprint density at radius 1 is 1.38 bits per heavy atom. The number of ether oxygens (including phenoxy) is 3. The molecule has 74 valence electrons. The topological polar surface area (TPSA) is 61.8 Å². The van der Waals surface area contributed by atoms with E-state index < -0.39 is 11.8 Å². The lowest BCUT2D eigenvalue weighted by Gasteiger charge is -2.06. The van der Waals surface area contributed by atoms with Crippen LogP contribution in [-0.2, 0) is 23.8 Å². The minimum absolute atomic E-state index is 0.108.